The van der Waals surface area contributed by atoms with Gasteiger partial charge >= 0.3 is 17.9 Å². The Kier molecular flexibility index (Phi) is 44.9. The van der Waals surface area contributed by atoms with Crippen LogP contribution in [-0.2, 0) is 28.6 Å². The van der Waals surface area contributed by atoms with Crippen molar-refractivity contribution in [3.05, 3.63) is 182 Å². The summed E-state index contributed by atoms with van der Waals surface area (Å²) in [6.45, 7) is 5.97. The van der Waals surface area contributed by atoms with Crippen LogP contribution in [0.25, 0.3) is 0 Å². The molecule has 0 aliphatic heterocycles. The third-order valence-electron chi connectivity index (χ3n) is 8.49. The molecule has 0 aliphatic carbocycles. The molecule has 6 nitrogen and oxygen atoms in total. The standard InChI is InChI=1S/C57H80O6/c1-4-7-10-13-16-19-22-25-28-31-34-37-40-43-46-49-55(58)61-52-54(63-57(60)51-48-45-42-39-36-33-30-27-24-21-18-15-12-9-6-3)53-62-56(59)50-47-44-41-38-35-32-29-26-23-20-17-14-11-8-5-2/h7-12,16-21,25-30,34-39,43-48,54H,4-6,13-15,22-24,31-33,40-42,49-53H2,1-3H3/b10-7-,11-8-,12-9-,19-16-,20-17-,21-18-,28-25-,29-26-,30-27-,37-34-,38-35-,39-36-,46-43-,47-44-,48-45-. The summed E-state index contributed by atoms with van der Waals surface area (Å²) in [6.07, 6.45) is 75.2. The number of carbonyl (C=O) groups is 3. The van der Waals surface area contributed by atoms with Gasteiger partial charge in [0.1, 0.15) is 13.2 Å². The molecule has 0 N–H and O–H groups in total. The summed E-state index contributed by atoms with van der Waals surface area (Å²) < 4.78 is 16.4. The van der Waals surface area contributed by atoms with Gasteiger partial charge in [-0.05, 0) is 96.3 Å². The first-order valence-electron chi connectivity index (χ1n) is 23.3. The number of hydrogen-bond donors (Lipinski definition) is 0. The molecule has 0 aromatic heterocycles. The van der Waals surface area contributed by atoms with Crippen molar-refractivity contribution in [3.8, 4) is 0 Å². The lowest BCUT2D eigenvalue weighted by atomic mass is 10.2. The van der Waals surface area contributed by atoms with Gasteiger partial charge in [-0.1, -0.05) is 203 Å². The predicted octanol–water partition coefficient (Wildman–Crippen LogP) is 15.4. The van der Waals surface area contributed by atoms with E-state index in [0.717, 1.165) is 77.0 Å². The van der Waals surface area contributed by atoms with Gasteiger partial charge in [0.25, 0.3) is 0 Å². The maximum absolute atomic E-state index is 12.7. The molecule has 0 radical (unpaired) electrons. The number of carbonyl (C=O) groups excluding carboxylic acids is 3. The fraction of sp³-hybridized carbons (Fsp3) is 0.421. The topological polar surface area (TPSA) is 78.9 Å². The zero-order valence-electron chi connectivity index (χ0n) is 39.0. The van der Waals surface area contributed by atoms with Crippen LogP contribution in [-0.4, -0.2) is 37.2 Å². The third-order valence-corrected chi connectivity index (χ3v) is 8.49. The van der Waals surface area contributed by atoms with Gasteiger partial charge in [-0.15, -0.1) is 0 Å². The van der Waals surface area contributed by atoms with Crippen LogP contribution in [0.4, 0.5) is 0 Å². The van der Waals surface area contributed by atoms with Crippen molar-refractivity contribution in [2.75, 3.05) is 13.2 Å². The normalized spacial score (nSPS) is 13.3. The van der Waals surface area contributed by atoms with E-state index in [2.05, 4.69) is 161 Å². The van der Waals surface area contributed by atoms with Crippen molar-refractivity contribution in [2.45, 2.75) is 142 Å². The Bertz CT molecular complexity index is 1520. The molecule has 0 aromatic rings. The molecule has 0 rings (SSSR count). The molecular formula is C57H80O6. The quantitative estimate of drug-likeness (QED) is 0.0350. The zero-order valence-corrected chi connectivity index (χ0v) is 39.0. The lowest BCUT2D eigenvalue weighted by Gasteiger charge is -2.17. The second kappa shape index (κ2) is 49.2. The van der Waals surface area contributed by atoms with Gasteiger partial charge in [-0.2, -0.15) is 0 Å². The second-order valence-electron chi connectivity index (χ2n) is 14.2. The summed E-state index contributed by atoms with van der Waals surface area (Å²) in [4.78, 5) is 37.7. The molecular weight excluding hydrogens is 781 g/mol. The molecule has 0 amide bonds. The number of ether oxygens (including phenoxy) is 3. The summed E-state index contributed by atoms with van der Waals surface area (Å²) >= 11 is 0. The Morgan fingerprint density at radius 1 is 0.286 bits per heavy atom. The van der Waals surface area contributed by atoms with E-state index in [0.29, 0.717) is 19.3 Å². The summed E-state index contributed by atoms with van der Waals surface area (Å²) in [6, 6.07) is 0. The second-order valence-corrected chi connectivity index (χ2v) is 14.2. The molecule has 63 heavy (non-hydrogen) atoms. The molecule has 0 spiro atoms. The van der Waals surface area contributed by atoms with Crippen molar-refractivity contribution in [2.24, 2.45) is 0 Å². The minimum atomic E-state index is -0.921. The molecule has 0 bridgehead atoms. The number of esters is 3. The monoisotopic (exact) mass is 861 g/mol. The minimum absolute atomic E-state index is 0.0476. The van der Waals surface area contributed by atoms with E-state index >= 15 is 0 Å². The number of allylic oxidation sites excluding steroid dienone is 27. The Hall–Kier alpha value is -5.49. The van der Waals surface area contributed by atoms with Crippen LogP contribution >= 0.6 is 0 Å². The summed E-state index contributed by atoms with van der Waals surface area (Å²) in [5, 5.41) is 0. The maximum Gasteiger partial charge on any atom is 0.310 e. The van der Waals surface area contributed by atoms with Gasteiger partial charge in [0, 0.05) is 0 Å². The molecule has 344 valence electrons. The van der Waals surface area contributed by atoms with Crippen molar-refractivity contribution in [1.29, 1.82) is 0 Å². The summed E-state index contributed by atoms with van der Waals surface area (Å²) in [5.41, 5.74) is 0. The molecule has 0 atom stereocenters. The Balaban J connectivity index is 4.83. The molecule has 0 saturated heterocycles. The molecule has 0 saturated carbocycles. The van der Waals surface area contributed by atoms with Crippen LogP contribution in [0.5, 0.6) is 0 Å². The van der Waals surface area contributed by atoms with Crippen molar-refractivity contribution >= 4 is 17.9 Å². The van der Waals surface area contributed by atoms with Crippen LogP contribution in [0.15, 0.2) is 182 Å². The molecule has 0 unspecified atom stereocenters. The fourth-order valence-corrected chi connectivity index (χ4v) is 5.13. The average molecular weight is 861 g/mol. The van der Waals surface area contributed by atoms with E-state index in [1.165, 1.54) is 0 Å². The number of rotatable bonds is 38. The zero-order chi connectivity index (χ0) is 45.8. The molecule has 0 heterocycles. The smallest absolute Gasteiger partial charge is 0.310 e. The van der Waals surface area contributed by atoms with Crippen LogP contribution in [0.1, 0.15) is 136 Å². The molecule has 6 heteroatoms. The van der Waals surface area contributed by atoms with E-state index in [1.54, 1.807) is 18.2 Å². The van der Waals surface area contributed by atoms with E-state index < -0.39 is 24.0 Å². The van der Waals surface area contributed by atoms with Crippen molar-refractivity contribution in [1.82, 2.24) is 0 Å². The fourth-order valence-electron chi connectivity index (χ4n) is 5.13. The van der Waals surface area contributed by atoms with Gasteiger partial charge in [0.15, 0.2) is 6.10 Å². The van der Waals surface area contributed by atoms with Crippen LogP contribution in [0.2, 0.25) is 0 Å². The lowest BCUT2D eigenvalue weighted by Crippen LogP contribution is -2.30. The van der Waals surface area contributed by atoms with Crippen LogP contribution in [0.3, 0.4) is 0 Å². The van der Waals surface area contributed by atoms with Gasteiger partial charge < -0.3 is 14.2 Å². The summed E-state index contributed by atoms with van der Waals surface area (Å²) in [7, 11) is 0. The van der Waals surface area contributed by atoms with Gasteiger partial charge in [0.2, 0.25) is 0 Å². The van der Waals surface area contributed by atoms with Gasteiger partial charge in [0.05, 0.1) is 19.3 Å². The highest BCUT2D eigenvalue weighted by atomic mass is 16.6. The van der Waals surface area contributed by atoms with Crippen molar-refractivity contribution in [3.63, 3.8) is 0 Å². The van der Waals surface area contributed by atoms with Crippen molar-refractivity contribution < 1.29 is 28.6 Å². The van der Waals surface area contributed by atoms with E-state index in [4.69, 9.17) is 14.2 Å². The number of hydrogen-bond acceptors (Lipinski definition) is 6. The van der Waals surface area contributed by atoms with E-state index in [1.807, 2.05) is 24.3 Å². The van der Waals surface area contributed by atoms with E-state index in [-0.39, 0.29) is 32.5 Å². The van der Waals surface area contributed by atoms with Crippen LogP contribution < -0.4 is 0 Å². The Morgan fingerprint density at radius 3 is 0.698 bits per heavy atom. The van der Waals surface area contributed by atoms with Gasteiger partial charge in [-0.25, -0.2) is 0 Å². The highest BCUT2D eigenvalue weighted by molar-refractivity contribution is 5.73. The first kappa shape index (κ1) is 57.5. The molecule has 0 aliphatic rings. The first-order valence-corrected chi connectivity index (χ1v) is 23.3. The van der Waals surface area contributed by atoms with E-state index in [9.17, 15) is 14.4 Å². The molecule has 0 fully saturated rings. The van der Waals surface area contributed by atoms with Gasteiger partial charge in [-0.3, -0.25) is 14.4 Å². The average Bonchev–Trinajstić information content (AvgIpc) is 3.28. The highest BCUT2D eigenvalue weighted by Crippen LogP contribution is 2.05. The largest absolute Gasteiger partial charge is 0.461 e. The Labute approximate surface area is 383 Å². The highest BCUT2D eigenvalue weighted by Gasteiger charge is 2.18. The molecule has 0 aromatic carbocycles. The SMILES string of the molecule is CC/C=C\C/C=C\C/C=C\C/C=C\C/C=C\CC(=O)OCC(COC(=O)C/C=C\C/C=C\C/C=C\C/C=C\C/C=C\CC)OC(=O)C/C=C\C/C=C\C/C=C\C/C=C\C/C=C\CC. The maximum atomic E-state index is 12.7. The Morgan fingerprint density at radius 2 is 0.476 bits per heavy atom. The van der Waals surface area contributed by atoms with Crippen LogP contribution in [0, 0.1) is 0 Å². The third kappa shape index (κ3) is 47.4. The predicted molar refractivity (Wildman–Crippen MR) is 269 cm³/mol. The lowest BCUT2D eigenvalue weighted by molar-refractivity contribution is -0.165. The minimum Gasteiger partial charge on any atom is -0.461 e. The first-order chi connectivity index (χ1) is 31.0. The summed E-state index contributed by atoms with van der Waals surface area (Å²) in [5.74, 6) is -1.41.